The molecule has 1 heterocycles. The van der Waals surface area contributed by atoms with Gasteiger partial charge in [-0.05, 0) is 41.5 Å². The van der Waals surface area contributed by atoms with Crippen LogP contribution in [0.1, 0.15) is 56.1 Å². The maximum Gasteiger partial charge on any atom is 0.194 e. The Labute approximate surface area is 194 Å². The van der Waals surface area contributed by atoms with Gasteiger partial charge in [0.1, 0.15) is 34.0 Å². The van der Waals surface area contributed by atoms with Gasteiger partial charge in [0.05, 0.1) is 44.4 Å². The van der Waals surface area contributed by atoms with Crippen LogP contribution in [-0.4, -0.2) is 65.3 Å². The third-order valence-corrected chi connectivity index (χ3v) is 7.33. The summed E-state index contributed by atoms with van der Waals surface area (Å²) in [5, 5.41) is 24.5. The molecule has 33 heavy (non-hydrogen) atoms. The quantitative estimate of drug-likeness (QED) is 0.250. The van der Waals surface area contributed by atoms with Gasteiger partial charge in [-0.25, -0.2) is 0 Å². The fourth-order valence-corrected chi connectivity index (χ4v) is 4.50. The number of carbonyl (C=O) groups excluding carboxylic acids is 3. The van der Waals surface area contributed by atoms with Gasteiger partial charge in [0.15, 0.2) is 17.3 Å². The molecule has 0 amide bonds. The van der Waals surface area contributed by atoms with E-state index in [4.69, 9.17) is 4.74 Å². The maximum absolute atomic E-state index is 13.7. The lowest BCUT2D eigenvalue weighted by molar-refractivity contribution is -0.904. The van der Waals surface area contributed by atoms with Crippen LogP contribution in [0.15, 0.2) is 23.1 Å². The Kier molecular flexibility index (Phi) is 6.19. The predicted molar refractivity (Wildman–Crippen MR) is 123 cm³/mol. The van der Waals surface area contributed by atoms with Crippen LogP contribution in [0.4, 0.5) is 0 Å². The SMILES string of the molecule is CC[N+](C)(CC)CCN/C(C)=C1\C(=O)C=C2Oc3c(C(C)=O)c(O)c(C)c(O)c3[C@@]2(C)C1=O. The Morgan fingerprint density at radius 1 is 1.15 bits per heavy atom. The number of fused-ring (bicyclic) bond motifs is 3. The molecule has 0 saturated carbocycles. The molecule has 0 aromatic heterocycles. The second kappa shape index (κ2) is 8.33. The van der Waals surface area contributed by atoms with Gasteiger partial charge in [0.25, 0.3) is 0 Å². The summed E-state index contributed by atoms with van der Waals surface area (Å²) in [5.41, 5.74) is -0.992. The third kappa shape index (κ3) is 3.62. The third-order valence-electron chi connectivity index (χ3n) is 7.33. The van der Waals surface area contributed by atoms with Gasteiger partial charge < -0.3 is 24.7 Å². The van der Waals surface area contributed by atoms with E-state index < -0.39 is 28.5 Å². The molecular weight excluding hydrogens is 424 g/mol. The summed E-state index contributed by atoms with van der Waals surface area (Å²) in [5.74, 6) is -2.27. The number of Topliss-reactive ketones (excluding diaryl/α,β-unsaturated/α-hetero) is 2. The minimum Gasteiger partial charge on any atom is -0.507 e. The van der Waals surface area contributed by atoms with E-state index in [1.165, 1.54) is 19.9 Å². The maximum atomic E-state index is 13.7. The number of carbonyl (C=O) groups is 3. The molecule has 1 aromatic rings. The number of rotatable bonds is 7. The zero-order valence-electron chi connectivity index (χ0n) is 20.4. The van der Waals surface area contributed by atoms with Crippen LogP contribution in [0.5, 0.6) is 17.2 Å². The highest BCUT2D eigenvalue weighted by Crippen LogP contribution is 2.57. The first-order chi connectivity index (χ1) is 15.3. The predicted octanol–water partition coefficient (Wildman–Crippen LogP) is 2.64. The average Bonchev–Trinajstić information content (AvgIpc) is 3.05. The summed E-state index contributed by atoms with van der Waals surface area (Å²) in [4.78, 5) is 38.9. The molecule has 1 aromatic carbocycles. The van der Waals surface area contributed by atoms with Crippen LogP contribution in [0.2, 0.25) is 0 Å². The fraction of sp³-hybridized carbons (Fsp3) is 0.480. The van der Waals surface area contributed by atoms with Gasteiger partial charge in [-0.3, -0.25) is 14.4 Å². The van der Waals surface area contributed by atoms with Crippen molar-refractivity contribution in [2.75, 3.05) is 33.2 Å². The van der Waals surface area contributed by atoms with E-state index in [1.54, 1.807) is 13.8 Å². The summed E-state index contributed by atoms with van der Waals surface area (Å²) in [7, 11) is 2.15. The first-order valence-electron chi connectivity index (χ1n) is 11.2. The van der Waals surface area contributed by atoms with Gasteiger partial charge >= 0.3 is 0 Å². The first kappa shape index (κ1) is 24.5. The molecule has 0 bridgehead atoms. The minimum absolute atomic E-state index is 0.00518. The van der Waals surface area contributed by atoms with Crippen LogP contribution in [0.3, 0.4) is 0 Å². The number of benzene rings is 1. The van der Waals surface area contributed by atoms with E-state index in [0.29, 0.717) is 12.2 Å². The number of quaternary nitrogens is 1. The van der Waals surface area contributed by atoms with Crippen LogP contribution in [-0.2, 0) is 15.0 Å². The van der Waals surface area contributed by atoms with Crippen molar-refractivity contribution in [2.45, 2.75) is 47.0 Å². The summed E-state index contributed by atoms with van der Waals surface area (Å²) >= 11 is 0. The zero-order chi connectivity index (χ0) is 24.9. The van der Waals surface area contributed by atoms with E-state index in [9.17, 15) is 24.6 Å². The molecule has 0 saturated heterocycles. The number of nitrogens with one attached hydrogen (secondary N) is 1. The molecule has 8 nitrogen and oxygen atoms in total. The van der Waals surface area contributed by atoms with Crippen molar-refractivity contribution < 1.29 is 33.8 Å². The highest BCUT2D eigenvalue weighted by Gasteiger charge is 2.56. The smallest absolute Gasteiger partial charge is 0.194 e. The molecule has 1 atom stereocenters. The van der Waals surface area contributed by atoms with E-state index in [1.807, 2.05) is 0 Å². The van der Waals surface area contributed by atoms with Crippen molar-refractivity contribution in [1.29, 1.82) is 0 Å². The lowest BCUT2D eigenvalue weighted by Crippen LogP contribution is -2.48. The lowest BCUT2D eigenvalue weighted by Gasteiger charge is -2.32. The van der Waals surface area contributed by atoms with Crippen molar-refractivity contribution in [2.24, 2.45) is 0 Å². The van der Waals surface area contributed by atoms with Crippen molar-refractivity contribution in [3.63, 3.8) is 0 Å². The summed E-state index contributed by atoms with van der Waals surface area (Å²) < 4.78 is 6.63. The molecule has 1 aliphatic carbocycles. The number of ketones is 3. The fourth-order valence-electron chi connectivity index (χ4n) is 4.50. The van der Waals surface area contributed by atoms with Gasteiger partial charge in [-0.15, -0.1) is 0 Å². The van der Waals surface area contributed by atoms with E-state index in [-0.39, 0.29) is 39.5 Å². The Morgan fingerprint density at radius 3 is 2.30 bits per heavy atom. The molecule has 0 fully saturated rings. The summed E-state index contributed by atoms with van der Waals surface area (Å²) in [6.45, 7) is 13.6. The Balaban J connectivity index is 2.09. The molecular formula is C25H33N2O6+. The number of hydrogen-bond acceptors (Lipinski definition) is 7. The summed E-state index contributed by atoms with van der Waals surface area (Å²) in [6.07, 6.45) is 1.23. The Bertz CT molecular complexity index is 1130. The van der Waals surface area contributed by atoms with E-state index in [0.717, 1.165) is 24.1 Å². The molecule has 3 rings (SSSR count). The molecule has 0 spiro atoms. The number of likely N-dealkylation sites (N-methyl/N-ethyl adjacent to an activating group) is 1. The van der Waals surface area contributed by atoms with E-state index in [2.05, 4.69) is 26.2 Å². The molecule has 2 aliphatic rings. The average molecular weight is 458 g/mol. The van der Waals surface area contributed by atoms with Crippen LogP contribution in [0.25, 0.3) is 0 Å². The number of ether oxygens (including phenoxy) is 1. The number of phenolic OH excluding ortho intramolecular Hbond substituents is 2. The van der Waals surface area contributed by atoms with Gasteiger partial charge in [-0.2, -0.15) is 0 Å². The molecule has 178 valence electrons. The minimum atomic E-state index is -1.49. The first-order valence-corrected chi connectivity index (χ1v) is 11.2. The van der Waals surface area contributed by atoms with Crippen LogP contribution < -0.4 is 10.1 Å². The van der Waals surface area contributed by atoms with Crippen molar-refractivity contribution in [1.82, 2.24) is 5.32 Å². The van der Waals surface area contributed by atoms with Crippen LogP contribution in [0, 0.1) is 6.92 Å². The Hall–Kier alpha value is -3.13. The molecule has 0 radical (unpaired) electrons. The van der Waals surface area contributed by atoms with Gasteiger partial charge in [0, 0.05) is 17.3 Å². The monoisotopic (exact) mass is 457 g/mol. The topological polar surface area (TPSA) is 113 Å². The highest BCUT2D eigenvalue weighted by molar-refractivity contribution is 6.31. The molecule has 8 heteroatoms. The number of aromatic hydroxyl groups is 2. The van der Waals surface area contributed by atoms with E-state index >= 15 is 0 Å². The second-order valence-electron chi connectivity index (χ2n) is 9.29. The van der Waals surface area contributed by atoms with Gasteiger partial charge in [0.2, 0.25) is 0 Å². The molecule has 0 unspecified atom stereocenters. The van der Waals surface area contributed by atoms with Crippen molar-refractivity contribution in [3.05, 3.63) is 39.8 Å². The zero-order valence-corrected chi connectivity index (χ0v) is 20.4. The number of hydrogen-bond donors (Lipinski definition) is 3. The standard InChI is InChI=1S/C25H32N2O6/c1-8-27(7,9-2)11-10-26-14(4)18-16(29)12-17-25(6,24(18)32)20-22(31)13(3)21(30)19(15(5)28)23(20)33-17/h12H,8-11H2,1-7H3,(H2-,26,28,29,30,31,32)/p+1/t25-/m0/s1. The second-order valence-corrected chi connectivity index (χ2v) is 9.29. The lowest BCUT2D eigenvalue weighted by atomic mass is 9.70. The van der Waals surface area contributed by atoms with Crippen LogP contribution >= 0.6 is 0 Å². The highest BCUT2D eigenvalue weighted by atomic mass is 16.5. The summed E-state index contributed by atoms with van der Waals surface area (Å²) in [6, 6.07) is 0. The van der Waals surface area contributed by atoms with Gasteiger partial charge in [-0.1, -0.05) is 0 Å². The normalized spacial score (nSPS) is 21.2. The Morgan fingerprint density at radius 2 is 1.76 bits per heavy atom. The largest absolute Gasteiger partial charge is 0.507 e. The molecule has 3 N–H and O–H groups in total. The number of allylic oxidation sites excluding steroid dienone is 4. The number of phenols is 2. The molecule has 1 aliphatic heterocycles. The number of nitrogens with zero attached hydrogens (tertiary/aromatic N) is 1. The van der Waals surface area contributed by atoms with Crippen molar-refractivity contribution in [3.8, 4) is 17.2 Å². The van der Waals surface area contributed by atoms with Crippen molar-refractivity contribution >= 4 is 17.3 Å².